The summed E-state index contributed by atoms with van der Waals surface area (Å²) in [5.41, 5.74) is 0. The number of rotatable bonds is 8. The van der Waals surface area contributed by atoms with Crippen LogP contribution in [0.15, 0.2) is 0 Å². The van der Waals surface area contributed by atoms with Gasteiger partial charge in [-0.3, -0.25) is 5.26 Å². The Labute approximate surface area is 197 Å². The summed E-state index contributed by atoms with van der Waals surface area (Å²) in [6, 6.07) is 0. The Hall–Kier alpha value is -0.680. The van der Waals surface area contributed by atoms with Crippen molar-refractivity contribution in [3.8, 4) is 0 Å². The molecule has 0 radical (unpaired) electrons. The van der Waals surface area contributed by atoms with Crippen LogP contribution in [0.5, 0.6) is 0 Å². The fourth-order valence-corrected chi connectivity index (χ4v) is 4.16. The lowest BCUT2D eigenvalue weighted by Gasteiger charge is -2.47. The molecule has 0 saturated carbocycles. The van der Waals surface area contributed by atoms with Crippen LogP contribution in [0.1, 0.15) is 0 Å². The average Bonchev–Trinajstić information content (AvgIpc) is 2.85. The number of ether oxygens (including phenoxy) is 5. The third kappa shape index (κ3) is 5.76. The van der Waals surface area contributed by atoms with E-state index in [2.05, 4.69) is 4.89 Å². The molecule has 0 unspecified atom stereocenters. The smallest absolute Gasteiger partial charge is 0.187 e. The molecule has 206 valence electrons. The van der Waals surface area contributed by atoms with E-state index in [9.17, 15) is 51.1 Å². The van der Waals surface area contributed by atoms with Gasteiger partial charge in [0.05, 0.1) is 19.8 Å². The predicted octanol–water partition coefficient (Wildman–Crippen LogP) is -7.08. The van der Waals surface area contributed by atoms with E-state index in [4.69, 9.17) is 28.9 Å². The summed E-state index contributed by atoms with van der Waals surface area (Å²) < 4.78 is 26.5. The highest BCUT2D eigenvalue weighted by Gasteiger charge is 2.53. The minimum absolute atomic E-state index is 0.749. The lowest BCUT2D eigenvalue weighted by molar-refractivity contribution is -0.406. The SMILES string of the molecule is OC[C@H]1O[C@H](O[C@@H]2[C@H](O)[C@@H](O)[C@H](O[C@H]3[C@H](OO)[C@@H](O)[C@H](O)O[C@@H]3CO)O[C@@H]2CO)[C@H](O)[C@@H](O)[C@H]1O. The minimum atomic E-state index is -1.93. The van der Waals surface area contributed by atoms with Gasteiger partial charge in [-0.05, 0) is 0 Å². The van der Waals surface area contributed by atoms with Gasteiger partial charge in [-0.15, -0.1) is 0 Å². The van der Waals surface area contributed by atoms with E-state index in [-0.39, 0.29) is 0 Å². The maximum Gasteiger partial charge on any atom is 0.187 e. The highest BCUT2D eigenvalue weighted by Crippen LogP contribution is 2.32. The molecule has 0 aromatic carbocycles. The quantitative estimate of drug-likeness (QED) is 0.105. The van der Waals surface area contributed by atoms with Crippen LogP contribution >= 0.6 is 0 Å². The Kier molecular flexibility index (Phi) is 10.1. The first-order valence-electron chi connectivity index (χ1n) is 10.8. The third-order valence-corrected chi connectivity index (χ3v) is 6.19. The van der Waals surface area contributed by atoms with E-state index in [0.29, 0.717) is 0 Å². The third-order valence-electron chi connectivity index (χ3n) is 6.19. The molecule has 0 aliphatic carbocycles. The van der Waals surface area contributed by atoms with Crippen LogP contribution in [0, 0.1) is 0 Å². The molecule has 0 aromatic heterocycles. The predicted molar refractivity (Wildman–Crippen MR) is 103 cm³/mol. The van der Waals surface area contributed by atoms with Crippen LogP contribution in [-0.4, -0.2) is 168 Å². The zero-order valence-electron chi connectivity index (χ0n) is 18.2. The molecule has 0 spiro atoms. The number of aliphatic hydroxyl groups is 10. The Bertz CT molecular complexity index is 653. The molecule has 35 heavy (non-hydrogen) atoms. The summed E-state index contributed by atoms with van der Waals surface area (Å²) >= 11 is 0. The van der Waals surface area contributed by atoms with Crippen molar-refractivity contribution < 1.29 is 84.9 Å². The standard InChI is InChI=1S/C18H32O17/c19-1-4-7(22)8(23)10(25)17(31-4)33-13-5(2-20)32-18(11(26)9(13)24)34-14-6(3-21)30-16(28)12(27)15(14)35-29/h4-29H,1-3H2/t4-,5-,6-,7+,8+,9-,10-,11-,12-,13+,14-,15-,16-,17-,18+/m1/s1. The van der Waals surface area contributed by atoms with Gasteiger partial charge < -0.3 is 74.7 Å². The summed E-state index contributed by atoms with van der Waals surface area (Å²) in [4.78, 5) is 4.14. The molecule has 3 fully saturated rings. The Morgan fingerprint density at radius 1 is 0.486 bits per heavy atom. The van der Waals surface area contributed by atoms with Crippen molar-refractivity contribution in [1.82, 2.24) is 0 Å². The van der Waals surface area contributed by atoms with E-state index in [1.807, 2.05) is 0 Å². The molecule has 11 N–H and O–H groups in total. The molecule has 17 heteroatoms. The van der Waals surface area contributed by atoms with E-state index in [1.165, 1.54) is 0 Å². The van der Waals surface area contributed by atoms with E-state index in [0.717, 1.165) is 0 Å². The highest BCUT2D eigenvalue weighted by atomic mass is 17.1. The zero-order valence-corrected chi connectivity index (χ0v) is 18.2. The van der Waals surface area contributed by atoms with Crippen LogP contribution in [0.4, 0.5) is 0 Å². The van der Waals surface area contributed by atoms with Gasteiger partial charge in [0.15, 0.2) is 25.0 Å². The lowest BCUT2D eigenvalue weighted by Crippen LogP contribution is -2.66. The number of hydrogen-bond donors (Lipinski definition) is 11. The van der Waals surface area contributed by atoms with E-state index in [1.54, 1.807) is 0 Å². The van der Waals surface area contributed by atoms with Crippen molar-refractivity contribution in [2.75, 3.05) is 19.8 Å². The summed E-state index contributed by atoms with van der Waals surface area (Å²) in [6.45, 7) is -2.37. The first-order valence-corrected chi connectivity index (χ1v) is 10.8. The van der Waals surface area contributed by atoms with Gasteiger partial charge in [-0.25, -0.2) is 4.89 Å². The second-order valence-corrected chi connectivity index (χ2v) is 8.41. The molecule has 3 saturated heterocycles. The number of hydrogen-bond acceptors (Lipinski definition) is 17. The second-order valence-electron chi connectivity index (χ2n) is 8.41. The first kappa shape index (κ1) is 28.9. The van der Waals surface area contributed by atoms with Gasteiger partial charge in [-0.2, -0.15) is 0 Å². The molecular weight excluding hydrogens is 488 g/mol. The summed E-state index contributed by atoms with van der Waals surface area (Å²) in [6.07, 6.45) is -25.3. The molecule has 0 aromatic rings. The molecule has 3 rings (SSSR count). The van der Waals surface area contributed by atoms with Crippen molar-refractivity contribution in [3.63, 3.8) is 0 Å². The van der Waals surface area contributed by atoms with Crippen molar-refractivity contribution in [2.24, 2.45) is 0 Å². The lowest BCUT2D eigenvalue weighted by atomic mass is 9.96. The summed E-state index contributed by atoms with van der Waals surface area (Å²) in [5.74, 6) is 0. The van der Waals surface area contributed by atoms with Gasteiger partial charge in [0.25, 0.3) is 0 Å². The van der Waals surface area contributed by atoms with E-state index >= 15 is 0 Å². The molecule has 17 nitrogen and oxygen atoms in total. The molecule has 15 atom stereocenters. The number of aliphatic hydroxyl groups excluding tert-OH is 10. The van der Waals surface area contributed by atoms with Crippen LogP contribution in [-0.2, 0) is 28.6 Å². The largest absolute Gasteiger partial charge is 0.394 e. The molecule has 3 aliphatic heterocycles. The normalized spacial score (nSPS) is 51.3. The molecule has 3 aliphatic rings. The monoisotopic (exact) mass is 520 g/mol. The topological polar surface area (TPSA) is 278 Å². The molecule has 3 heterocycles. The van der Waals surface area contributed by atoms with Crippen molar-refractivity contribution in [3.05, 3.63) is 0 Å². The van der Waals surface area contributed by atoms with Crippen molar-refractivity contribution >= 4 is 0 Å². The Morgan fingerprint density at radius 3 is 1.51 bits per heavy atom. The van der Waals surface area contributed by atoms with Crippen LogP contribution in [0.2, 0.25) is 0 Å². The Balaban J connectivity index is 1.74. The second kappa shape index (κ2) is 12.2. The van der Waals surface area contributed by atoms with Crippen molar-refractivity contribution in [1.29, 1.82) is 0 Å². The van der Waals surface area contributed by atoms with Crippen LogP contribution in [0.25, 0.3) is 0 Å². The maximum absolute atomic E-state index is 10.6. The van der Waals surface area contributed by atoms with Gasteiger partial charge in [-0.1, -0.05) is 0 Å². The van der Waals surface area contributed by atoms with Gasteiger partial charge in [0.1, 0.15) is 67.1 Å². The van der Waals surface area contributed by atoms with Gasteiger partial charge in [0.2, 0.25) is 0 Å². The summed E-state index contributed by atoms with van der Waals surface area (Å²) in [5, 5.41) is 109. The molecule has 0 bridgehead atoms. The fraction of sp³-hybridized carbons (Fsp3) is 1.00. The van der Waals surface area contributed by atoms with Crippen molar-refractivity contribution in [2.45, 2.75) is 92.1 Å². The van der Waals surface area contributed by atoms with Crippen LogP contribution < -0.4 is 0 Å². The van der Waals surface area contributed by atoms with Crippen LogP contribution in [0.3, 0.4) is 0 Å². The minimum Gasteiger partial charge on any atom is -0.394 e. The summed E-state index contributed by atoms with van der Waals surface area (Å²) in [7, 11) is 0. The fourth-order valence-electron chi connectivity index (χ4n) is 4.16. The van der Waals surface area contributed by atoms with Gasteiger partial charge in [0, 0.05) is 0 Å². The van der Waals surface area contributed by atoms with Gasteiger partial charge >= 0.3 is 0 Å². The highest BCUT2D eigenvalue weighted by molar-refractivity contribution is 4.96. The first-order chi connectivity index (χ1) is 16.6. The molecular formula is C18H32O17. The maximum atomic E-state index is 10.6. The molecule has 0 amide bonds. The Morgan fingerprint density at radius 2 is 0.971 bits per heavy atom. The zero-order chi connectivity index (χ0) is 26.0. The average molecular weight is 520 g/mol. The van der Waals surface area contributed by atoms with E-state index < -0.39 is 112 Å².